The Hall–Kier alpha value is -3.10. The van der Waals surface area contributed by atoms with Gasteiger partial charge in [-0.05, 0) is 37.1 Å². The third-order valence-electron chi connectivity index (χ3n) is 5.24. The van der Waals surface area contributed by atoms with Crippen LogP contribution < -0.4 is 10.6 Å². The molecule has 5 N–H and O–H groups in total. The number of carbonyl (C=O) groups is 2. The van der Waals surface area contributed by atoms with Crippen LogP contribution in [0.25, 0.3) is 21.8 Å². The van der Waals surface area contributed by atoms with Crippen LogP contribution in [-0.2, 0) is 4.79 Å². The highest BCUT2D eigenvalue weighted by molar-refractivity contribution is 9.10. The number of halogens is 1. The lowest BCUT2D eigenvalue weighted by atomic mass is 10.0. The number of aliphatic hydroxyl groups excluding tert-OH is 1. The summed E-state index contributed by atoms with van der Waals surface area (Å²) in [5.74, 6) is -0.635. The molecule has 1 atom stereocenters. The van der Waals surface area contributed by atoms with Crippen molar-refractivity contribution in [2.24, 2.45) is 0 Å². The molecule has 2 amide bonds. The molecule has 31 heavy (non-hydrogen) atoms. The molecule has 0 saturated carbocycles. The normalized spacial score (nSPS) is 12.2. The molecule has 1 unspecified atom stereocenters. The molecule has 2 heterocycles. The second-order valence-electron chi connectivity index (χ2n) is 7.31. The van der Waals surface area contributed by atoms with Gasteiger partial charge >= 0.3 is 0 Å². The number of aliphatic hydroxyl groups is 1. The van der Waals surface area contributed by atoms with Gasteiger partial charge in [-0.2, -0.15) is 0 Å². The molecule has 4 rings (SSSR count). The summed E-state index contributed by atoms with van der Waals surface area (Å²) in [5.41, 5.74) is 2.89. The molecule has 0 saturated heterocycles. The van der Waals surface area contributed by atoms with E-state index in [1.165, 1.54) is 0 Å². The predicted octanol–water partition coefficient (Wildman–Crippen LogP) is 3.77. The van der Waals surface area contributed by atoms with E-state index in [2.05, 4.69) is 36.5 Å². The number of carbonyl (C=O) groups excluding carboxylic acids is 2. The SMILES string of the molecule is O=C(NC(C(=O)NCCCCO)c1c[nH]c2ccc(Br)cc12)c1c[nH]c2ccccc12. The zero-order valence-electron chi connectivity index (χ0n) is 16.7. The van der Waals surface area contributed by atoms with Crippen LogP contribution in [0.5, 0.6) is 0 Å². The Labute approximate surface area is 187 Å². The summed E-state index contributed by atoms with van der Waals surface area (Å²) in [6, 6.07) is 12.4. The third kappa shape index (κ3) is 4.50. The number of H-pyrrole nitrogens is 2. The van der Waals surface area contributed by atoms with Crippen molar-refractivity contribution >= 4 is 49.6 Å². The maximum Gasteiger partial charge on any atom is 0.254 e. The number of aromatic nitrogens is 2. The minimum Gasteiger partial charge on any atom is -0.396 e. The van der Waals surface area contributed by atoms with Crippen LogP contribution in [-0.4, -0.2) is 40.0 Å². The Morgan fingerprint density at radius 2 is 1.77 bits per heavy atom. The fourth-order valence-electron chi connectivity index (χ4n) is 3.66. The average Bonchev–Trinajstić information content (AvgIpc) is 3.39. The van der Waals surface area contributed by atoms with Gasteiger partial charge in [0.25, 0.3) is 5.91 Å². The van der Waals surface area contributed by atoms with E-state index in [4.69, 9.17) is 5.11 Å². The molecule has 0 aliphatic rings. The Bertz CT molecular complexity index is 1230. The van der Waals surface area contributed by atoms with Crippen molar-refractivity contribution < 1.29 is 14.7 Å². The Balaban J connectivity index is 1.65. The highest BCUT2D eigenvalue weighted by Gasteiger charge is 2.26. The third-order valence-corrected chi connectivity index (χ3v) is 5.74. The van der Waals surface area contributed by atoms with Crippen LogP contribution in [0.3, 0.4) is 0 Å². The maximum atomic E-state index is 13.1. The fourth-order valence-corrected chi connectivity index (χ4v) is 4.02. The van der Waals surface area contributed by atoms with Crippen molar-refractivity contribution in [3.8, 4) is 0 Å². The van der Waals surface area contributed by atoms with Gasteiger partial charge in [0, 0.05) is 57.4 Å². The molecule has 0 bridgehead atoms. The Morgan fingerprint density at radius 3 is 2.61 bits per heavy atom. The van der Waals surface area contributed by atoms with Crippen LogP contribution in [0.2, 0.25) is 0 Å². The lowest BCUT2D eigenvalue weighted by Gasteiger charge is -2.18. The lowest BCUT2D eigenvalue weighted by Crippen LogP contribution is -2.40. The van der Waals surface area contributed by atoms with Gasteiger partial charge < -0.3 is 25.7 Å². The van der Waals surface area contributed by atoms with E-state index in [1.807, 2.05) is 42.5 Å². The van der Waals surface area contributed by atoms with Crippen molar-refractivity contribution in [3.05, 3.63) is 70.5 Å². The summed E-state index contributed by atoms with van der Waals surface area (Å²) in [4.78, 5) is 32.5. The molecule has 7 nitrogen and oxygen atoms in total. The van der Waals surface area contributed by atoms with Gasteiger partial charge in [0.05, 0.1) is 5.56 Å². The molecular weight excluding hydrogens is 460 g/mol. The van der Waals surface area contributed by atoms with E-state index in [1.54, 1.807) is 12.4 Å². The van der Waals surface area contributed by atoms with E-state index in [9.17, 15) is 9.59 Å². The topological polar surface area (TPSA) is 110 Å². The number of amides is 2. The summed E-state index contributed by atoms with van der Waals surface area (Å²) in [6.45, 7) is 0.498. The molecule has 2 aromatic carbocycles. The number of benzene rings is 2. The van der Waals surface area contributed by atoms with Gasteiger partial charge in [0.15, 0.2) is 0 Å². The molecule has 0 spiro atoms. The predicted molar refractivity (Wildman–Crippen MR) is 124 cm³/mol. The standard InChI is InChI=1S/C23H23BrN4O3/c24-14-7-8-20-16(11-14)17(12-26-20)21(23(31)25-9-3-4-10-29)28-22(30)18-13-27-19-6-2-1-5-15(18)19/h1-2,5-8,11-13,21,26-27,29H,3-4,9-10H2,(H,25,31)(H,28,30). The lowest BCUT2D eigenvalue weighted by molar-refractivity contribution is -0.123. The molecule has 0 fully saturated rings. The van der Waals surface area contributed by atoms with E-state index >= 15 is 0 Å². The zero-order valence-corrected chi connectivity index (χ0v) is 18.3. The average molecular weight is 483 g/mol. The molecule has 8 heteroatoms. The van der Waals surface area contributed by atoms with Gasteiger partial charge in [-0.25, -0.2) is 0 Å². The second-order valence-corrected chi connectivity index (χ2v) is 8.23. The number of unbranched alkanes of at least 4 members (excludes halogenated alkanes) is 1. The van der Waals surface area contributed by atoms with Crippen LogP contribution in [0.15, 0.2) is 59.3 Å². The number of para-hydroxylation sites is 1. The van der Waals surface area contributed by atoms with Gasteiger partial charge in [-0.15, -0.1) is 0 Å². The summed E-state index contributed by atoms with van der Waals surface area (Å²) in [7, 11) is 0. The van der Waals surface area contributed by atoms with Crippen molar-refractivity contribution in [1.29, 1.82) is 0 Å². The van der Waals surface area contributed by atoms with Gasteiger partial charge in [-0.3, -0.25) is 9.59 Å². The minimum atomic E-state index is -0.877. The summed E-state index contributed by atoms with van der Waals surface area (Å²) >= 11 is 3.48. The highest BCUT2D eigenvalue weighted by atomic mass is 79.9. The monoisotopic (exact) mass is 482 g/mol. The molecule has 0 aliphatic heterocycles. The molecule has 2 aromatic heterocycles. The molecule has 0 radical (unpaired) electrons. The number of fused-ring (bicyclic) bond motifs is 2. The first-order valence-electron chi connectivity index (χ1n) is 10.1. The first kappa shape index (κ1) is 21.1. The first-order chi connectivity index (χ1) is 15.1. The summed E-state index contributed by atoms with van der Waals surface area (Å²) in [5, 5.41) is 16.4. The van der Waals surface area contributed by atoms with Crippen molar-refractivity contribution in [2.75, 3.05) is 13.2 Å². The number of hydrogen-bond acceptors (Lipinski definition) is 3. The van der Waals surface area contributed by atoms with Crippen molar-refractivity contribution in [3.63, 3.8) is 0 Å². The first-order valence-corrected chi connectivity index (χ1v) is 10.9. The smallest absolute Gasteiger partial charge is 0.254 e. The van der Waals surface area contributed by atoms with E-state index in [-0.39, 0.29) is 18.4 Å². The Morgan fingerprint density at radius 1 is 1.00 bits per heavy atom. The number of nitrogens with one attached hydrogen (secondary N) is 4. The van der Waals surface area contributed by atoms with E-state index in [0.717, 1.165) is 26.3 Å². The van der Waals surface area contributed by atoms with Gasteiger partial charge in [0.1, 0.15) is 6.04 Å². The zero-order chi connectivity index (χ0) is 21.8. The van der Waals surface area contributed by atoms with Crippen LogP contribution in [0.1, 0.15) is 34.8 Å². The fraction of sp³-hybridized carbons (Fsp3) is 0.217. The van der Waals surface area contributed by atoms with Gasteiger partial charge in [0.2, 0.25) is 5.91 Å². The van der Waals surface area contributed by atoms with Crippen molar-refractivity contribution in [1.82, 2.24) is 20.6 Å². The largest absolute Gasteiger partial charge is 0.396 e. The molecule has 160 valence electrons. The van der Waals surface area contributed by atoms with Crippen molar-refractivity contribution in [2.45, 2.75) is 18.9 Å². The Kier molecular flexibility index (Phi) is 6.39. The summed E-state index contributed by atoms with van der Waals surface area (Å²) < 4.78 is 0.880. The van der Waals surface area contributed by atoms with Crippen LogP contribution in [0, 0.1) is 0 Å². The summed E-state index contributed by atoms with van der Waals surface area (Å²) in [6.07, 6.45) is 4.67. The van der Waals surface area contributed by atoms with Gasteiger partial charge in [-0.1, -0.05) is 34.1 Å². The van der Waals surface area contributed by atoms with E-state index in [0.29, 0.717) is 30.5 Å². The minimum absolute atomic E-state index is 0.0765. The molecule has 0 aliphatic carbocycles. The maximum absolute atomic E-state index is 13.1. The second kappa shape index (κ2) is 9.36. The van der Waals surface area contributed by atoms with E-state index < -0.39 is 6.04 Å². The van der Waals surface area contributed by atoms with Crippen LogP contribution >= 0.6 is 15.9 Å². The molecular formula is C23H23BrN4O3. The molecule has 4 aromatic rings. The van der Waals surface area contributed by atoms with Crippen LogP contribution in [0.4, 0.5) is 0 Å². The quantitative estimate of drug-likeness (QED) is 0.246. The number of aromatic amines is 2. The number of rotatable bonds is 8. The number of hydrogen-bond donors (Lipinski definition) is 5. The highest BCUT2D eigenvalue weighted by Crippen LogP contribution is 2.28.